The van der Waals surface area contributed by atoms with E-state index in [2.05, 4.69) is 0 Å². The van der Waals surface area contributed by atoms with Gasteiger partial charge in [0.25, 0.3) is 0 Å². The molecule has 74 valence electrons. The van der Waals surface area contributed by atoms with E-state index in [0.717, 1.165) is 6.08 Å². The van der Waals surface area contributed by atoms with Gasteiger partial charge in [0.2, 0.25) is 0 Å². The van der Waals surface area contributed by atoms with Gasteiger partial charge in [-0.2, -0.15) is 0 Å². The number of rotatable bonds is 3. The van der Waals surface area contributed by atoms with E-state index in [1.807, 2.05) is 0 Å². The number of phenols is 1. The zero-order chi connectivity index (χ0) is 11.4. The Labute approximate surface area is 82.5 Å². The number of benzene rings is 1. The highest BCUT2D eigenvalue weighted by Gasteiger charge is 2.00. The fourth-order valence-corrected chi connectivity index (χ4v) is 0.900. The van der Waals surface area contributed by atoms with Crippen molar-refractivity contribution in [3.63, 3.8) is 0 Å². The van der Waals surface area contributed by atoms with E-state index >= 15 is 0 Å². The zero-order valence-corrected chi connectivity index (χ0v) is 7.52. The van der Waals surface area contributed by atoms with Crippen LogP contribution in [-0.4, -0.2) is 23.3 Å². The zero-order valence-electron chi connectivity index (χ0n) is 8.52. The Morgan fingerprint density at radius 2 is 2.43 bits per heavy atom. The lowest BCUT2D eigenvalue weighted by atomic mass is 10.2. The predicted molar refractivity (Wildman–Crippen MR) is 51.3 cm³/mol. The number of aromatic hydroxyl groups is 1. The number of hydrogen-bond acceptors (Lipinski definition) is 3. The minimum Gasteiger partial charge on any atom is -0.504 e. The molecule has 1 rings (SSSR count). The van der Waals surface area contributed by atoms with Crippen LogP contribution >= 0.6 is 0 Å². The number of phenolic OH excluding ortho intramolecular Hbond substituents is 1. The summed E-state index contributed by atoms with van der Waals surface area (Å²) in [4.78, 5) is 10.3. The normalized spacial score (nSPS) is 11.4. The van der Waals surface area contributed by atoms with Crippen LogP contribution in [0.3, 0.4) is 0 Å². The second kappa shape index (κ2) is 4.32. The topological polar surface area (TPSA) is 66.8 Å². The van der Waals surface area contributed by atoms with Crippen LogP contribution in [0.25, 0.3) is 6.08 Å². The first-order valence-corrected chi connectivity index (χ1v) is 3.83. The molecule has 0 saturated heterocycles. The van der Waals surface area contributed by atoms with Gasteiger partial charge in [-0.15, -0.1) is 0 Å². The van der Waals surface area contributed by atoms with Gasteiger partial charge in [-0.1, -0.05) is 6.04 Å². The van der Waals surface area contributed by atoms with Crippen LogP contribution in [0.5, 0.6) is 11.5 Å². The van der Waals surface area contributed by atoms with Crippen molar-refractivity contribution in [1.29, 1.82) is 0 Å². The number of carbonyl (C=O) groups is 1. The number of aliphatic carboxylic acids is 1. The fourth-order valence-electron chi connectivity index (χ4n) is 0.900. The van der Waals surface area contributed by atoms with Gasteiger partial charge in [0, 0.05) is 6.08 Å². The maximum Gasteiger partial charge on any atom is 0.328 e. The van der Waals surface area contributed by atoms with Crippen molar-refractivity contribution >= 4 is 12.0 Å². The van der Waals surface area contributed by atoms with Crippen molar-refractivity contribution in [2.75, 3.05) is 7.11 Å². The number of methoxy groups -OCH3 is 1. The number of carboxylic acids is 1. The third kappa shape index (κ3) is 2.52. The summed E-state index contributed by atoms with van der Waals surface area (Å²) in [6.07, 6.45) is 2.19. The van der Waals surface area contributed by atoms with Crippen molar-refractivity contribution in [3.05, 3.63) is 29.8 Å². The van der Waals surface area contributed by atoms with Crippen molar-refractivity contribution in [1.82, 2.24) is 0 Å². The van der Waals surface area contributed by atoms with Crippen molar-refractivity contribution < 1.29 is 21.1 Å². The molecule has 0 aliphatic heterocycles. The molecule has 4 heteroatoms. The molecule has 14 heavy (non-hydrogen) atoms. The van der Waals surface area contributed by atoms with Crippen molar-refractivity contribution in [2.24, 2.45) is 0 Å². The Morgan fingerprint density at radius 3 is 3.00 bits per heavy atom. The van der Waals surface area contributed by atoms with E-state index < -0.39 is 5.97 Å². The summed E-state index contributed by atoms with van der Waals surface area (Å²) in [7, 11) is 1.38. The van der Waals surface area contributed by atoms with E-state index in [-0.39, 0.29) is 17.5 Å². The van der Waals surface area contributed by atoms with Crippen LogP contribution < -0.4 is 4.74 Å². The first-order chi connectivity index (χ1) is 7.04. The SMILES string of the molecule is [2H]c1cc(O)c(OC)cc1/C=C/C(=O)O. The second-order valence-electron chi connectivity index (χ2n) is 2.51. The molecule has 0 saturated carbocycles. The Kier molecular flexibility index (Phi) is 2.66. The molecule has 0 amide bonds. The van der Waals surface area contributed by atoms with E-state index in [4.69, 9.17) is 11.2 Å². The predicted octanol–water partition coefficient (Wildman–Crippen LogP) is 1.50. The standard InChI is InChI=1S/C10H10O4/c1-14-9-6-7(2-4-8(9)11)3-5-10(12)13/h2-6,11H,1H3,(H,12,13)/b5-3+/i2D. The summed E-state index contributed by atoms with van der Waals surface area (Å²) in [5.74, 6) is -1.03. The van der Waals surface area contributed by atoms with Crippen molar-refractivity contribution in [2.45, 2.75) is 0 Å². The van der Waals surface area contributed by atoms with Gasteiger partial charge in [0.15, 0.2) is 11.5 Å². The lowest BCUT2D eigenvalue weighted by molar-refractivity contribution is -0.131. The summed E-state index contributed by atoms with van der Waals surface area (Å²) >= 11 is 0. The van der Waals surface area contributed by atoms with Crippen molar-refractivity contribution in [3.8, 4) is 11.5 Å². The van der Waals surface area contributed by atoms with Crippen LogP contribution in [-0.2, 0) is 4.79 Å². The summed E-state index contributed by atoms with van der Waals surface area (Å²) in [6, 6.07) is 2.63. The van der Waals surface area contributed by atoms with Crippen LogP contribution in [0.2, 0.25) is 0 Å². The summed E-state index contributed by atoms with van der Waals surface area (Å²) in [5, 5.41) is 17.7. The average Bonchev–Trinajstić information content (AvgIpc) is 2.16. The molecule has 0 spiro atoms. The minimum atomic E-state index is -1.10. The van der Waals surface area contributed by atoms with E-state index in [9.17, 15) is 9.90 Å². The molecular weight excluding hydrogens is 184 g/mol. The Hall–Kier alpha value is -1.97. The molecule has 0 unspecified atom stereocenters. The van der Waals surface area contributed by atoms with E-state index in [0.29, 0.717) is 5.56 Å². The largest absolute Gasteiger partial charge is 0.504 e. The highest BCUT2D eigenvalue weighted by Crippen LogP contribution is 2.26. The smallest absolute Gasteiger partial charge is 0.328 e. The van der Waals surface area contributed by atoms with Crippen LogP contribution in [0.1, 0.15) is 6.93 Å². The van der Waals surface area contributed by atoms with Crippen LogP contribution in [0, 0.1) is 0 Å². The summed E-state index contributed by atoms with van der Waals surface area (Å²) in [5.41, 5.74) is 0.368. The second-order valence-corrected chi connectivity index (χ2v) is 2.51. The Balaban J connectivity index is 3.13. The maximum atomic E-state index is 10.3. The molecule has 1 aromatic rings. The average molecular weight is 195 g/mol. The number of hydrogen-bond donors (Lipinski definition) is 2. The molecule has 0 atom stereocenters. The first kappa shape index (κ1) is 8.62. The van der Waals surface area contributed by atoms with Gasteiger partial charge in [-0.05, 0) is 23.8 Å². The maximum absolute atomic E-state index is 10.3. The molecule has 4 nitrogen and oxygen atoms in total. The Morgan fingerprint density at radius 1 is 1.71 bits per heavy atom. The lowest BCUT2D eigenvalue weighted by Gasteiger charge is -2.03. The number of carboxylic acid groups (broad SMARTS) is 1. The highest BCUT2D eigenvalue weighted by molar-refractivity contribution is 5.85. The monoisotopic (exact) mass is 195 g/mol. The lowest BCUT2D eigenvalue weighted by Crippen LogP contribution is -1.87. The van der Waals surface area contributed by atoms with Crippen LogP contribution in [0.4, 0.5) is 0 Å². The number of ether oxygens (including phenoxy) is 1. The van der Waals surface area contributed by atoms with E-state index in [1.165, 1.54) is 25.3 Å². The molecule has 0 radical (unpaired) electrons. The van der Waals surface area contributed by atoms with Gasteiger partial charge in [-0.25, -0.2) is 4.79 Å². The van der Waals surface area contributed by atoms with Gasteiger partial charge in [0.1, 0.15) is 0 Å². The third-order valence-electron chi connectivity index (χ3n) is 1.54. The molecule has 0 aromatic heterocycles. The molecule has 0 heterocycles. The fraction of sp³-hybridized carbons (Fsp3) is 0.100. The first-order valence-electron chi connectivity index (χ1n) is 4.33. The molecule has 0 aliphatic carbocycles. The molecule has 2 N–H and O–H groups in total. The summed E-state index contributed by atoms with van der Waals surface area (Å²) in [6.45, 7) is 0. The highest BCUT2D eigenvalue weighted by atomic mass is 16.5. The molecule has 0 bridgehead atoms. The molecular formula is C10H10O4. The van der Waals surface area contributed by atoms with Gasteiger partial charge in [-0.3, -0.25) is 0 Å². The molecule has 0 aliphatic rings. The van der Waals surface area contributed by atoms with Crippen LogP contribution in [0.15, 0.2) is 24.3 Å². The van der Waals surface area contributed by atoms with Gasteiger partial charge < -0.3 is 14.9 Å². The third-order valence-corrected chi connectivity index (χ3v) is 1.54. The quantitative estimate of drug-likeness (QED) is 0.717. The summed E-state index contributed by atoms with van der Waals surface area (Å²) < 4.78 is 12.3. The molecule has 0 fully saturated rings. The van der Waals surface area contributed by atoms with E-state index in [1.54, 1.807) is 0 Å². The Bertz CT molecular complexity index is 412. The van der Waals surface area contributed by atoms with Gasteiger partial charge >= 0.3 is 5.97 Å². The molecule has 1 aromatic carbocycles. The minimum absolute atomic E-state index is 0.0331. The van der Waals surface area contributed by atoms with Gasteiger partial charge in [0.05, 0.1) is 8.48 Å².